The second-order valence-electron chi connectivity index (χ2n) is 15.6. The van der Waals surface area contributed by atoms with Gasteiger partial charge in [0.05, 0.1) is 56.3 Å². The molecule has 0 bridgehead atoms. The highest BCUT2D eigenvalue weighted by Crippen LogP contribution is 2.40. The van der Waals surface area contributed by atoms with E-state index in [0.29, 0.717) is 76.7 Å². The van der Waals surface area contributed by atoms with Crippen molar-refractivity contribution in [3.8, 4) is 10.8 Å². The maximum atomic E-state index is 12.9. The van der Waals surface area contributed by atoms with Gasteiger partial charge in [0, 0.05) is 60.2 Å². The van der Waals surface area contributed by atoms with Crippen molar-refractivity contribution >= 4 is 64.0 Å². The van der Waals surface area contributed by atoms with Gasteiger partial charge >= 0.3 is 0 Å². The largest absolute Gasteiger partial charge is 0.485 e. The molecule has 18 nitrogen and oxygen atoms in total. The van der Waals surface area contributed by atoms with Crippen LogP contribution in [0.1, 0.15) is 106 Å². The van der Waals surface area contributed by atoms with Crippen molar-refractivity contribution in [1.82, 2.24) is 30.3 Å². The van der Waals surface area contributed by atoms with E-state index in [0.717, 1.165) is 38.1 Å². The number of piperidine rings is 1. The van der Waals surface area contributed by atoms with Crippen LogP contribution < -0.4 is 15.4 Å². The van der Waals surface area contributed by atoms with E-state index < -0.39 is 35.7 Å². The number of benzene rings is 2. The molecule has 2 aromatic heterocycles. The predicted octanol–water partition coefficient (Wildman–Crippen LogP) is 5.23. The molecule has 1 saturated heterocycles. The van der Waals surface area contributed by atoms with E-state index in [9.17, 15) is 28.8 Å². The Kier molecular flexibility index (Phi) is 18.4. The van der Waals surface area contributed by atoms with Gasteiger partial charge in [-0.2, -0.15) is 0 Å². The van der Waals surface area contributed by atoms with E-state index in [-0.39, 0.29) is 60.9 Å². The van der Waals surface area contributed by atoms with Gasteiger partial charge in [-0.15, -0.1) is 21.5 Å². The molecular formula is C47H56ClN7O11S. The molecule has 67 heavy (non-hydrogen) atoms. The number of ether oxygens (including phenoxy) is 5. The Hall–Kier alpha value is -5.70. The van der Waals surface area contributed by atoms with Crippen molar-refractivity contribution in [1.29, 1.82) is 0 Å². The number of rotatable bonds is 22. The first-order valence-corrected chi connectivity index (χ1v) is 23.5. The number of hydrogen-bond acceptors (Lipinski definition) is 15. The number of nitrogens with zero attached hydrogens (tertiary/aromatic N) is 5. The molecule has 3 aliphatic rings. The van der Waals surface area contributed by atoms with Gasteiger partial charge in [0.15, 0.2) is 11.6 Å². The molecule has 0 saturated carbocycles. The highest BCUT2D eigenvalue weighted by atomic mass is 35.5. The summed E-state index contributed by atoms with van der Waals surface area (Å²) in [5.41, 5.74) is 4.11. The second kappa shape index (κ2) is 24.4. The Bertz CT molecular complexity index is 2470. The fourth-order valence-electron chi connectivity index (χ4n) is 7.58. The molecule has 4 aromatic rings. The lowest BCUT2D eigenvalue weighted by Crippen LogP contribution is -2.54. The number of amides is 5. The Balaban J connectivity index is 0.000000229. The molecule has 5 amide bonds. The average molecular weight is 963 g/mol. The molecule has 358 valence electrons. The van der Waals surface area contributed by atoms with Crippen LogP contribution in [0.3, 0.4) is 0 Å². The standard InChI is InChI=1S/C27H34ClN5O4S.C20H22N2O7/c1-5-35-12-13-37-15-14-36-11-10-29-23(34)16-22-26-32-31-19(4)33(26)27-24(17(2)18(3)38-27)25(30-22)20-6-8-21(28)9-7-20;1-2-28-10-4-5-12(23)11-29-15-7-3-6-13-17(15)20(27)22(19(13)26)14-8-9-16(24)21-18(14)25/h6-9,22H,5,10-16H2,1-4H3,(H,29,34);3,6-7,14H,2,4-5,8-11H2,1H3,(H,21,24,25)/t22-;/m0./s1. The number of hydrogen-bond donors (Lipinski definition) is 2. The Morgan fingerprint density at radius 1 is 0.866 bits per heavy atom. The maximum Gasteiger partial charge on any atom is 0.266 e. The summed E-state index contributed by atoms with van der Waals surface area (Å²) in [7, 11) is 0. The summed E-state index contributed by atoms with van der Waals surface area (Å²) in [4.78, 5) is 81.2. The molecule has 2 aromatic carbocycles. The smallest absolute Gasteiger partial charge is 0.266 e. The van der Waals surface area contributed by atoms with Crippen LogP contribution in [0.2, 0.25) is 5.02 Å². The summed E-state index contributed by atoms with van der Waals surface area (Å²) in [5, 5.41) is 15.5. The molecule has 0 radical (unpaired) electrons. The summed E-state index contributed by atoms with van der Waals surface area (Å²) >= 11 is 7.86. The van der Waals surface area contributed by atoms with Crippen LogP contribution in [-0.2, 0) is 38.1 Å². The van der Waals surface area contributed by atoms with E-state index in [2.05, 4.69) is 34.7 Å². The number of aliphatic imine (C=N–C) groups is 1. The minimum absolute atomic E-state index is 0.0318. The lowest BCUT2D eigenvalue weighted by molar-refractivity contribution is -0.136. The van der Waals surface area contributed by atoms with Crippen LogP contribution in [0.4, 0.5) is 0 Å². The van der Waals surface area contributed by atoms with E-state index in [4.69, 9.17) is 40.3 Å². The number of Topliss-reactive ketones (excluding diaryl/α,β-unsaturated/α-hetero) is 1. The van der Waals surface area contributed by atoms with E-state index in [1.165, 1.54) is 17.0 Å². The second-order valence-corrected chi connectivity index (χ2v) is 17.3. The monoisotopic (exact) mass is 961 g/mol. The fraction of sp³-hybridized carbons (Fsp3) is 0.468. The van der Waals surface area contributed by atoms with Gasteiger partial charge < -0.3 is 29.0 Å². The van der Waals surface area contributed by atoms with Crippen molar-refractivity contribution in [2.24, 2.45) is 4.99 Å². The van der Waals surface area contributed by atoms with Gasteiger partial charge in [0.2, 0.25) is 17.7 Å². The lowest BCUT2D eigenvalue weighted by Gasteiger charge is -2.27. The highest BCUT2D eigenvalue weighted by Gasteiger charge is 2.46. The zero-order valence-electron chi connectivity index (χ0n) is 38.3. The zero-order chi connectivity index (χ0) is 48.0. The number of carbonyl (C=O) groups is 6. The first kappa shape index (κ1) is 50.7. The van der Waals surface area contributed by atoms with Crippen LogP contribution in [0.25, 0.3) is 5.00 Å². The van der Waals surface area contributed by atoms with Gasteiger partial charge in [-0.3, -0.25) is 48.5 Å². The Morgan fingerprint density at radius 2 is 1.57 bits per heavy atom. The topological polar surface area (TPSA) is 219 Å². The molecule has 2 atom stereocenters. The minimum Gasteiger partial charge on any atom is -0.485 e. The molecule has 3 aliphatic heterocycles. The normalized spacial score (nSPS) is 16.3. The summed E-state index contributed by atoms with van der Waals surface area (Å²) in [5.74, 6) is -1.14. The van der Waals surface area contributed by atoms with Crippen LogP contribution >= 0.6 is 22.9 Å². The number of nitrogens with one attached hydrogen (secondary N) is 2. The third-order valence-electron chi connectivity index (χ3n) is 11.0. The van der Waals surface area contributed by atoms with E-state index in [1.54, 1.807) is 17.4 Å². The first-order valence-electron chi connectivity index (χ1n) is 22.3. The average Bonchev–Trinajstić information content (AvgIpc) is 3.89. The zero-order valence-corrected chi connectivity index (χ0v) is 39.9. The van der Waals surface area contributed by atoms with E-state index in [1.807, 2.05) is 49.6 Å². The number of aryl methyl sites for hydroxylation is 2. The molecule has 1 unspecified atom stereocenters. The van der Waals surface area contributed by atoms with Crippen LogP contribution in [0.15, 0.2) is 47.5 Å². The SMILES string of the molecule is CCOCCCC(=O)COc1cccc2c1C(=O)N(C1CCC(=O)NC1=O)C2=O.CCOCCOCCOCCNC(=O)C[C@@H]1N=C(c2ccc(Cl)cc2)c2c(sc(C)c2C)-n2c(C)nnc21. The number of ketones is 1. The number of carbonyl (C=O) groups excluding carboxylic acids is 6. The lowest BCUT2D eigenvalue weighted by atomic mass is 9.99. The number of imide groups is 2. The van der Waals surface area contributed by atoms with Crippen LogP contribution in [0.5, 0.6) is 5.75 Å². The van der Waals surface area contributed by atoms with Gasteiger partial charge in [0.1, 0.15) is 35.3 Å². The van der Waals surface area contributed by atoms with Gasteiger partial charge in [-0.1, -0.05) is 29.8 Å². The molecule has 2 N–H and O–H groups in total. The van der Waals surface area contributed by atoms with E-state index >= 15 is 0 Å². The number of halogens is 1. The minimum atomic E-state index is -1.05. The molecular weight excluding hydrogens is 906 g/mol. The molecule has 0 aliphatic carbocycles. The number of fused-ring (bicyclic) bond motifs is 4. The molecule has 1 fully saturated rings. The molecule has 20 heteroatoms. The van der Waals surface area contributed by atoms with Gasteiger partial charge in [-0.05, 0) is 77.3 Å². The van der Waals surface area contributed by atoms with Crippen molar-refractivity contribution in [3.05, 3.63) is 91.8 Å². The molecule has 5 heterocycles. The summed E-state index contributed by atoms with van der Waals surface area (Å²) in [6, 6.07) is 10.6. The third kappa shape index (κ3) is 12.6. The number of aromatic nitrogens is 3. The quantitative estimate of drug-likeness (QED) is 0.0763. The highest BCUT2D eigenvalue weighted by molar-refractivity contribution is 7.15. The van der Waals surface area contributed by atoms with Crippen molar-refractivity contribution < 1.29 is 52.5 Å². The molecule has 0 spiro atoms. The van der Waals surface area contributed by atoms with Crippen LogP contribution in [0, 0.1) is 20.8 Å². The summed E-state index contributed by atoms with van der Waals surface area (Å²) < 4.78 is 29.0. The van der Waals surface area contributed by atoms with Gasteiger partial charge in [-0.25, -0.2) is 0 Å². The first-order chi connectivity index (χ1) is 32.3. The van der Waals surface area contributed by atoms with Crippen molar-refractivity contribution in [3.63, 3.8) is 0 Å². The van der Waals surface area contributed by atoms with Crippen molar-refractivity contribution in [2.45, 2.75) is 78.8 Å². The Labute approximate surface area is 397 Å². The third-order valence-corrected chi connectivity index (χ3v) is 12.5. The van der Waals surface area contributed by atoms with Crippen molar-refractivity contribution in [2.75, 3.05) is 66.0 Å². The van der Waals surface area contributed by atoms with Gasteiger partial charge in [0.25, 0.3) is 11.8 Å². The molecule has 7 rings (SSSR count). The summed E-state index contributed by atoms with van der Waals surface area (Å²) in [6.07, 6.45) is 1.12. The Morgan fingerprint density at radius 3 is 2.28 bits per heavy atom. The number of thiophene rings is 1. The maximum absolute atomic E-state index is 12.9. The fourth-order valence-corrected chi connectivity index (χ4v) is 8.92. The predicted molar refractivity (Wildman–Crippen MR) is 248 cm³/mol. The van der Waals surface area contributed by atoms with Crippen LogP contribution in [-0.4, -0.2) is 133 Å². The summed E-state index contributed by atoms with van der Waals surface area (Å²) in [6.45, 7) is 14.3.